The third kappa shape index (κ3) is 4.40. The third-order valence-corrected chi connectivity index (χ3v) is 7.99. The quantitative estimate of drug-likeness (QED) is 0.617. The maximum Gasteiger partial charge on any atom is 0.244 e. The van der Waals surface area contributed by atoms with Gasteiger partial charge in [0.05, 0.1) is 25.5 Å². The Kier molecular flexibility index (Phi) is 6.55. The maximum atomic E-state index is 13.0. The summed E-state index contributed by atoms with van der Waals surface area (Å²) >= 11 is 6.13. The van der Waals surface area contributed by atoms with Gasteiger partial charge in [-0.25, -0.2) is 13.1 Å². The average molecular weight is 477 g/mol. The lowest BCUT2D eigenvalue weighted by atomic mass is 9.81. The van der Waals surface area contributed by atoms with Crippen molar-refractivity contribution in [3.05, 3.63) is 58.6 Å². The molecule has 2 amide bonds. The number of amides is 2. The number of carbonyl (C=O) groups excluding carboxylic acids is 2. The summed E-state index contributed by atoms with van der Waals surface area (Å²) in [5.74, 6) is -0.619. The van der Waals surface area contributed by atoms with E-state index in [-0.39, 0.29) is 47.4 Å². The molecule has 2 fully saturated rings. The van der Waals surface area contributed by atoms with Crippen LogP contribution in [0.15, 0.2) is 47.4 Å². The number of halogens is 1. The highest BCUT2D eigenvalue weighted by Gasteiger charge is 2.47. The summed E-state index contributed by atoms with van der Waals surface area (Å²) in [5, 5.41) is 0.462. The van der Waals surface area contributed by atoms with Crippen molar-refractivity contribution in [3.63, 3.8) is 0 Å². The fourth-order valence-electron chi connectivity index (χ4n) is 4.49. The molecule has 2 atom stereocenters. The monoisotopic (exact) mass is 476 g/mol. The minimum Gasteiger partial charge on any atom is -0.495 e. The molecule has 2 aliphatic rings. The van der Waals surface area contributed by atoms with Gasteiger partial charge in [0.1, 0.15) is 10.6 Å². The first-order valence-corrected chi connectivity index (χ1v) is 12.4. The molecule has 1 heterocycles. The summed E-state index contributed by atoms with van der Waals surface area (Å²) in [6.45, 7) is 0.0591. The van der Waals surface area contributed by atoms with Crippen molar-refractivity contribution in [2.75, 3.05) is 7.11 Å². The molecule has 2 aromatic rings. The number of imide groups is 1. The number of nitrogens with one attached hydrogen (secondary N) is 1. The van der Waals surface area contributed by atoms with Crippen LogP contribution in [0.2, 0.25) is 5.02 Å². The van der Waals surface area contributed by atoms with Gasteiger partial charge in [-0.15, -0.1) is 0 Å². The Hall–Kier alpha value is -2.42. The summed E-state index contributed by atoms with van der Waals surface area (Å²) in [4.78, 5) is 26.8. The first kappa shape index (κ1) is 22.8. The Morgan fingerprint density at radius 2 is 1.72 bits per heavy atom. The van der Waals surface area contributed by atoms with Gasteiger partial charge in [0.15, 0.2) is 0 Å². The second kappa shape index (κ2) is 9.21. The number of methoxy groups -OCH3 is 1. The summed E-state index contributed by atoms with van der Waals surface area (Å²) in [7, 11) is -2.55. The van der Waals surface area contributed by atoms with E-state index >= 15 is 0 Å². The van der Waals surface area contributed by atoms with E-state index in [1.54, 1.807) is 30.3 Å². The van der Waals surface area contributed by atoms with E-state index in [1.807, 2.05) is 0 Å². The molecule has 0 aromatic heterocycles. The highest BCUT2D eigenvalue weighted by molar-refractivity contribution is 7.89. The number of hydrogen-bond donors (Lipinski definition) is 1. The molecule has 1 N–H and O–H groups in total. The third-order valence-electron chi connectivity index (χ3n) is 6.20. The molecule has 9 heteroatoms. The van der Waals surface area contributed by atoms with Gasteiger partial charge < -0.3 is 4.74 Å². The van der Waals surface area contributed by atoms with Crippen LogP contribution in [0.4, 0.5) is 0 Å². The summed E-state index contributed by atoms with van der Waals surface area (Å²) < 4.78 is 33.9. The number of sulfonamides is 1. The summed E-state index contributed by atoms with van der Waals surface area (Å²) in [6.07, 6.45) is 3.38. The lowest BCUT2D eigenvalue weighted by Crippen LogP contribution is -2.30. The average Bonchev–Trinajstić information content (AvgIpc) is 3.03. The van der Waals surface area contributed by atoms with E-state index in [1.165, 1.54) is 24.1 Å². The zero-order chi connectivity index (χ0) is 22.9. The SMILES string of the molecule is COc1ccc(CN2C(=O)[C@H]3CCCC[C@H]3C2=O)cc1S(=O)(=O)NCc1ccccc1Cl. The van der Waals surface area contributed by atoms with Crippen molar-refractivity contribution in [3.8, 4) is 5.75 Å². The van der Waals surface area contributed by atoms with E-state index in [9.17, 15) is 18.0 Å². The van der Waals surface area contributed by atoms with Gasteiger partial charge in [-0.2, -0.15) is 0 Å². The van der Waals surface area contributed by atoms with Gasteiger partial charge in [-0.1, -0.05) is 48.7 Å². The molecular weight excluding hydrogens is 452 g/mol. The van der Waals surface area contributed by atoms with Gasteiger partial charge in [-0.3, -0.25) is 14.5 Å². The Morgan fingerprint density at radius 3 is 2.34 bits per heavy atom. The fraction of sp³-hybridized carbons (Fsp3) is 0.391. The summed E-state index contributed by atoms with van der Waals surface area (Å²) in [6, 6.07) is 11.6. The number of likely N-dealkylation sites (tertiary alicyclic amines) is 1. The Bertz CT molecular complexity index is 1130. The molecule has 170 valence electrons. The van der Waals surface area contributed by atoms with Crippen LogP contribution in [-0.4, -0.2) is 32.2 Å². The molecule has 1 saturated heterocycles. The Morgan fingerprint density at radius 1 is 1.06 bits per heavy atom. The Balaban J connectivity index is 1.56. The van der Waals surface area contributed by atoms with E-state index in [0.29, 0.717) is 16.1 Å². The number of benzene rings is 2. The molecule has 0 radical (unpaired) electrons. The first-order valence-electron chi connectivity index (χ1n) is 10.6. The van der Waals surface area contributed by atoms with Crippen LogP contribution in [-0.2, 0) is 32.7 Å². The van der Waals surface area contributed by atoms with E-state index in [4.69, 9.17) is 16.3 Å². The second-order valence-corrected chi connectivity index (χ2v) is 10.3. The van der Waals surface area contributed by atoms with Crippen molar-refractivity contribution in [2.24, 2.45) is 11.8 Å². The smallest absolute Gasteiger partial charge is 0.244 e. The normalized spacial score (nSPS) is 21.0. The van der Waals surface area contributed by atoms with E-state index in [0.717, 1.165) is 25.7 Å². The number of rotatable bonds is 7. The predicted octanol–water partition coefficient (Wildman–Crippen LogP) is 3.50. The van der Waals surface area contributed by atoms with Crippen LogP contribution in [0.1, 0.15) is 36.8 Å². The van der Waals surface area contributed by atoms with Crippen LogP contribution >= 0.6 is 11.6 Å². The van der Waals surface area contributed by atoms with Gasteiger partial charge in [0, 0.05) is 11.6 Å². The molecule has 1 saturated carbocycles. The number of carbonyl (C=O) groups is 2. The molecule has 1 aliphatic heterocycles. The number of ether oxygens (including phenoxy) is 1. The zero-order valence-corrected chi connectivity index (χ0v) is 19.3. The highest BCUT2D eigenvalue weighted by Crippen LogP contribution is 2.39. The van der Waals surface area contributed by atoms with Gasteiger partial charge in [0.25, 0.3) is 0 Å². The predicted molar refractivity (Wildman–Crippen MR) is 119 cm³/mol. The Labute approximate surface area is 192 Å². The molecule has 4 rings (SSSR count). The molecule has 2 aromatic carbocycles. The van der Waals surface area contributed by atoms with Crippen LogP contribution in [0.5, 0.6) is 5.75 Å². The van der Waals surface area contributed by atoms with E-state index in [2.05, 4.69) is 4.72 Å². The van der Waals surface area contributed by atoms with E-state index < -0.39 is 10.0 Å². The standard InChI is InChI=1S/C23H25ClN2O5S/c1-31-20-11-10-15(14-26-22(27)17-7-3-4-8-18(17)23(26)28)12-21(20)32(29,30)25-13-16-6-2-5-9-19(16)24/h2,5-6,9-12,17-18,25H,3-4,7-8,13-14H2,1H3/t17-,18+. The minimum absolute atomic E-state index is 0.0157. The van der Waals surface area contributed by atoms with Gasteiger partial charge in [0.2, 0.25) is 21.8 Å². The molecular formula is C23H25ClN2O5S. The zero-order valence-electron chi connectivity index (χ0n) is 17.7. The number of hydrogen-bond acceptors (Lipinski definition) is 5. The maximum absolute atomic E-state index is 13.0. The lowest BCUT2D eigenvalue weighted by Gasteiger charge is -2.19. The highest BCUT2D eigenvalue weighted by atomic mass is 35.5. The fourth-order valence-corrected chi connectivity index (χ4v) is 5.92. The van der Waals surface area contributed by atoms with Crippen molar-refractivity contribution < 1.29 is 22.7 Å². The molecule has 0 bridgehead atoms. The minimum atomic E-state index is -3.94. The van der Waals surface area contributed by atoms with Crippen molar-refractivity contribution >= 4 is 33.4 Å². The van der Waals surface area contributed by atoms with Crippen molar-refractivity contribution in [1.82, 2.24) is 9.62 Å². The molecule has 32 heavy (non-hydrogen) atoms. The van der Waals surface area contributed by atoms with Gasteiger partial charge in [-0.05, 0) is 42.2 Å². The van der Waals surface area contributed by atoms with Crippen molar-refractivity contribution in [2.45, 2.75) is 43.7 Å². The molecule has 7 nitrogen and oxygen atoms in total. The number of fused-ring (bicyclic) bond motifs is 1. The van der Waals surface area contributed by atoms with Crippen LogP contribution in [0.3, 0.4) is 0 Å². The number of nitrogens with zero attached hydrogens (tertiary/aromatic N) is 1. The van der Waals surface area contributed by atoms with Crippen molar-refractivity contribution in [1.29, 1.82) is 0 Å². The molecule has 0 spiro atoms. The lowest BCUT2D eigenvalue weighted by molar-refractivity contribution is -0.140. The largest absolute Gasteiger partial charge is 0.495 e. The topological polar surface area (TPSA) is 92.8 Å². The second-order valence-electron chi connectivity index (χ2n) is 8.16. The van der Waals surface area contributed by atoms with Crippen LogP contribution < -0.4 is 9.46 Å². The first-order chi connectivity index (χ1) is 15.3. The summed E-state index contributed by atoms with van der Waals surface area (Å²) in [5.41, 5.74) is 1.19. The molecule has 1 aliphatic carbocycles. The van der Waals surface area contributed by atoms with Gasteiger partial charge >= 0.3 is 0 Å². The molecule has 0 unspecified atom stereocenters. The van der Waals surface area contributed by atoms with Crippen LogP contribution in [0, 0.1) is 11.8 Å². The van der Waals surface area contributed by atoms with Crippen LogP contribution in [0.25, 0.3) is 0 Å².